The molecule has 2 bridgehead atoms. The fraction of sp³-hybridized carbons (Fsp3) is 0.800. The lowest BCUT2D eigenvalue weighted by Gasteiger charge is -2.19. The lowest BCUT2D eigenvalue weighted by atomic mass is 9.86. The van der Waals surface area contributed by atoms with Gasteiger partial charge in [-0.3, -0.25) is 0 Å². The molecule has 0 aromatic carbocycles. The van der Waals surface area contributed by atoms with Gasteiger partial charge in [0.15, 0.2) is 0 Å². The van der Waals surface area contributed by atoms with E-state index >= 15 is 0 Å². The molecule has 54 valence electrons. The Kier molecular flexibility index (Phi) is 0.898. The summed E-state index contributed by atoms with van der Waals surface area (Å²) < 4.78 is 0. The summed E-state index contributed by atoms with van der Waals surface area (Å²) in [5, 5.41) is 0. The number of fused-ring (bicyclic) bond motifs is 5. The highest BCUT2D eigenvalue weighted by Gasteiger charge is 2.46. The van der Waals surface area contributed by atoms with Crippen molar-refractivity contribution < 1.29 is 0 Å². The summed E-state index contributed by atoms with van der Waals surface area (Å²) in [6.07, 6.45) is 11.1. The molecule has 0 aromatic heterocycles. The highest BCUT2D eigenvalue weighted by Crippen LogP contribution is 2.55. The van der Waals surface area contributed by atoms with Crippen LogP contribution in [0.2, 0.25) is 0 Å². The molecule has 2 unspecified atom stereocenters. The molecule has 3 aliphatic carbocycles. The Morgan fingerprint density at radius 1 is 0.900 bits per heavy atom. The first kappa shape index (κ1) is 5.40. The largest absolute Gasteiger partial charge is 0.0848 e. The Bertz CT molecular complexity index is 162. The van der Waals surface area contributed by atoms with Gasteiger partial charge in [0.05, 0.1) is 0 Å². The minimum atomic E-state index is 1.01. The molecule has 4 atom stereocenters. The van der Waals surface area contributed by atoms with Gasteiger partial charge in [-0.1, -0.05) is 18.6 Å². The summed E-state index contributed by atoms with van der Waals surface area (Å²) in [4.78, 5) is 0. The summed E-state index contributed by atoms with van der Waals surface area (Å²) >= 11 is 0. The standard InChI is InChI=1S/C10H14/c1-2-9-7-4-5-8(6-7)10(9)3-1/h4-5,7-10H,1-3,6H2/t7?,8?,9-,10+. The second-order valence-electron chi connectivity index (χ2n) is 4.21. The third kappa shape index (κ3) is 0.492. The van der Waals surface area contributed by atoms with Crippen LogP contribution in [0, 0.1) is 23.7 Å². The summed E-state index contributed by atoms with van der Waals surface area (Å²) in [6, 6.07) is 0. The van der Waals surface area contributed by atoms with Gasteiger partial charge in [0.2, 0.25) is 0 Å². The van der Waals surface area contributed by atoms with Crippen LogP contribution in [-0.4, -0.2) is 0 Å². The first-order chi connectivity index (χ1) is 4.95. The van der Waals surface area contributed by atoms with Crippen LogP contribution in [0.3, 0.4) is 0 Å². The first-order valence-corrected chi connectivity index (χ1v) is 4.63. The quantitative estimate of drug-likeness (QED) is 0.447. The van der Waals surface area contributed by atoms with Gasteiger partial charge in [-0.2, -0.15) is 0 Å². The van der Waals surface area contributed by atoms with Gasteiger partial charge < -0.3 is 0 Å². The lowest BCUT2D eigenvalue weighted by Crippen LogP contribution is -2.12. The van der Waals surface area contributed by atoms with E-state index in [4.69, 9.17) is 0 Å². The summed E-state index contributed by atoms with van der Waals surface area (Å²) in [7, 11) is 0. The smallest absolute Gasteiger partial charge is 0.0196 e. The molecule has 3 rings (SSSR count). The zero-order chi connectivity index (χ0) is 6.55. The summed E-state index contributed by atoms with van der Waals surface area (Å²) in [5.74, 6) is 4.26. The Morgan fingerprint density at radius 3 is 2.10 bits per heavy atom. The average molecular weight is 134 g/mol. The van der Waals surface area contributed by atoms with E-state index in [0.29, 0.717) is 0 Å². The van der Waals surface area contributed by atoms with Crippen LogP contribution in [0.1, 0.15) is 25.7 Å². The van der Waals surface area contributed by atoms with Crippen molar-refractivity contribution in [1.29, 1.82) is 0 Å². The summed E-state index contributed by atoms with van der Waals surface area (Å²) in [6.45, 7) is 0. The molecule has 2 fully saturated rings. The van der Waals surface area contributed by atoms with Gasteiger partial charge in [-0.15, -0.1) is 0 Å². The van der Waals surface area contributed by atoms with Crippen LogP contribution in [0.5, 0.6) is 0 Å². The van der Waals surface area contributed by atoms with Gasteiger partial charge >= 0.3 is 0 Å². The molecule has 0 amide bonds. The molecule has 0 heterocycles. The van der Waals surface area contributed by atoms with E-state index in [2.05, 4.69) is 12.2 Å². The van der Waals surface area contributed by atoms with Crippen LogP contribution in [0.25, 0.3) is 0 Å². The highest BCUT2D eigenvalue weighted by molar-refractivity contribution is 5.14. The van der Waals surface area contributed by atoms with Crippen molar-refractivity contribution in [3.8, 4) is 0 Å². The van der Waals surface area contributed by atoms with E-state index in [1.54, 1.807) is 0 Å². The van der Waals surface area contributed by atoms with E-state index in [-0.39, 0.29) is 0 Å². The minimum absolute atomic E-state index is 1.01. The molecular weight excluding hydrogens is 120 g/mol. The van der Waals surface area contributed by atoms with Crippen molar-refractivity contribution in [2.45, 2.75) is 25.7 Å². The number of allylic oxidation sites excluding steroid dienone is 2. The molecule has 10 heavy (non-hydrogen) atoms. The Balaban J connectivity index is 1.99. The van der Waals surface area contributed by atoms with Crippen LogP contribution in [0.15, 0.2) is 12.2 Å². The Morgan fingerprint density at radius 2 is 1.50 bits per heavy atom. The van der Waals surface area contributed by atoms with Crippen LogP contribution < -0.4 is 0 Å². The predicted molar refractivity (Wildman–Crippen MR) is 41.6 cm³/mol. The van der Waals surface area contributed by atoms with Gasteiger partial charge in [0.1, 0.15) is 0 Å². The third-order valence-electron chi connectivity index (χ3n) is 3.87. The molecule has 3 aliphatic rings. The van der Waals surface area contributed by atoms with Gasteiger partial charge in [0.25, 0.3) is 0 Å². The number of rotatable bonds is 0. The Hall–Kier alpha value is -0.260. The Labute approximate surface area is 62.3 Å². The van der Waals surface area contributed by atoms with E-state index in [9.17, 15) is 0 Å². The maximum atomic E-state index is 2.48. The monoisotopic (exact) mass is 134 g/mol. The van der Waals surface area contributed by atoms with Crippen molar-refractivity contribution in [2.24, 2.45) is 23.7 Å². The van der Waals surface area contributed by atoms with E-state index in [1.165, 1.54) is 25.7 Å². The molecule has 0 aliphatic heterocycles. The molecule has 0 N–H and O–H groups in total. The maximum absolute atomic E-state index is 2.48. The second-order valence-corrected chi connectivity index (χ2v) is 4.21. The van der Waals surface area contributed by atoms with Crippen molar-refractivity contribution in [1.82, 2.24) is 0 Å². The molecular formula is C10H14. The second kappa shape index (κ2) is 1.66. The molecule has 0 spiro atoms. The van der Waals surface area contributed by atoms with Crippen LogP contribution in [0.4, 0.5) is 0 Å². The first-order valence-electron chi connectivity index (χ1n) is 4.63. The molecule has 0 nitrogen and oxygen atoms in total. The average Bonchev–Trinajstić information content (AvgIpc) is 2.60. The van der Waals surface area contributed by atoms with Gasteiger partial charge in [-0.25, -0.2) is 0 Å². The predicted octanol–water partition coefficient (Wildman–Crippen LogP) is 2.61. The zero-order valence-electron chi connectivity index (χ0n) is 6.29. The van der Waals surface area contributed by atoms with Crippen molar-refractivity contribution in [3.63, 3.8) is 0 Å². The molecule has 0 aromatic rings. The minimum Gasteiger partial charge on any atom is -0.0848 e. The fourth-order valence-electron chi connectivity index (χ4n) is 3.47. The molecule has 0 saturated heterocycles. The lowest BCUT2D eigenvalue weighted by molar-refractivity contribution is 0.364. The normalized spacial score (nSPS) is 56.0. The molecule has 0 radical (unpaired) electrons. The number of hydrogen-bond donors (Lipinski definition) is 0. The van der Waals surface area contributed by atoms with E-state index < -0.39 is 0 Å². The maximum Gasteiger partial charge on any atom is -0.0196 e. The fourth-order valence-corrected chi connectivity index (χ4v) is 3.47. The molecule has 0 heteroatoms. The topological polar surface area (TPSA) is 0 Å². The van der Waals surface area contributed by atoms with Crippen molar-refractivity contribution in [2.75, 3.05) is 0 Å². The van der Waals surface area contributed by atoms with Gasteiger partial charge in [-0.05, 0) is 42.9 Å². The zero-order valence-corrected chi connectivity index (χ0v) is 6.29. The molecule has 2 saturated carbocycles. The number of hydrogen-bond acceptors (Lipinski definition) is 0. The van der Waals surface area contributed by atoms with E-state index in [0.717, 1.165) is 23.7 Å². The van der Waals surface area contributed by atoms with E-state index in [1.807, 2.05) is 0 Å². The third-order valence-corrected chi connectivity index (χ3v) is 3.87. The van der Waals surface area contributed by atoms with Crippen LogP contribution in [-0.2, 0) is 0 Å². The van der Waals surface area contributed by atoms with Crippen molar-refractivity contribution >= 4 is 0 Å². The SMILES string of the molecule is C1=CC2CC1[C@H]1CCC[C@@H]21. The van der Waals surface area contributed by atoms with Crippen LogP contribution >= 0.6 is 0 Å². The van der Waals surface area contributed by atoms with Gasteiger partial charge in [0, 0.05) is 0 Å². The highest BCUT2D eigenvalue weighted by atomic mass is 14.5. The summed E-state index contributed by atoms with van der Waals surface area (Å²) in [5.41, 5.74) is 0. The van der Waals surface area contributed by atoms with Crippen molar-refractivity contribution in [3.05, 3.63) is 12.2 Å².